The SMILES string of the molecule is Cc1nnc(S[C@H](C)C(=O)NCCc2ccc(S(N)(=O)=O)cc2)o1. The predicted molar refractivity (Wildman–Crippen MR) is 88.9 cm³/mol. The Morgan fingerprint density at radius 3 is 2.54 bits per heavy atom. The Morgan fingerprint density at radius 2 is 2.00 bits per heavy atom. The zero-order valence-electron chi connectivity index (χ0n) is 13.2. The lowest BCUT2D eigenvalue weighted by Gasteiger charge is -2.10. The van der Waals surface area contributed by atoms with Crippen molar-refractivity contribution in [2.24, 2.45) is 5.14 Å². The quantitative estimate of drug-likeness (QED) is 0.692. The molecule has 0 radical (unpaired) electrons. The minimum atomic E-state index is -3.69. The number of sulfonamides is 1. The molecule has 1 heterocycles. The van der Waals surface area contributed by atoms with Gasteiger partial charge >= 0.3 is 0 Å². The molecule has 0 fully saturated rings. The van der Waals surface area contributed by atoms with Crippen molar-refractivity contribution in [1.29, 1.82) is 0 Å². The summed E-state index contributed by atoms with van der Waals surface area (Å²) in [4.78, 5) is 12.1. The molecule has 0 aliphatic rings. The Kier molecular flexibility index (Phi) is 5.97. The smallest absolute Gasteiger partial charge is 0.277 e. The van der Waals surface area contributed by atoms with Gasteiger partial charge in [0.25, 0.3) is 5.22 Å². The van der Waals surface area contributed by atoms with Gasteiger partial charge in [-0.05, 0) is 31.0 Å². The fraction of sp³-hybridized carbons (Fsp3) is 0.357. The van der Waals surface area contributed by atoms with Crippen molar-refractivity contribution in [2.75, 3.05) is 6.54 Å². The Bertz CT molecular complexity index is 802. The number of carbonyl (C=O) groups is 1. The van der Waals surface area contributed by atoms with Gasteiger partial charge in [0.15, 0.2) is 0 Å². The zero-order chi connectivity index (χ0) is 17.7. The highest BCUT2D eigenvalue weighted by Gasteiger charge is 2.17. The van der Waals surface area contributed by atoms with Gasteiger partial charge in [-0.15, -0.1) is 10.2 Å². The highest BCUT2D eigenvalue weighted by Crippen LogP contribution is 2.21. The van der Waals surface area contributed by atoms with Gasteiger partial charge in [-0.25, -0.2) is 13.6 Å². The van der Waals surface area contributed by atoms with Crippen molar-refractivity contribution in [3.63, 3.8) is 0 Å². The van der Waals surface area contributed by atoms with Crippen LogP contribution in [-0.4, -0.2) is 36.3 Å². The number of rotatable bonds is 7. The molecule has 130 valence electrons. The number of carbonyl (C=O) groups excluding carboxylic acids is 1. The van der Waals surface area contributed by atoms with Crippen LogP contribution < -0.4 is 10.5 Å². The Morgan fingerprint density at radius 1 is 1.33 bits per heavy atom. The summed E-state index contributed by atoms with van der Waals surface area (Å²) in [6, 6.07) is 6.24. The maximum absolute atomic E-state index is 12.0. The van der Waals surface area contributed by atoms with E-state index >= 15 is 0 Å². The van der Waals surface area contributed by atoms with Crippen LogP contribution in [0.2, 0.25) is 0 Å². The van der Waals surface area contributed by atoms with Crippen LogP contribution in [0.25, 0.3) is 0 Å². The van der Waals surface area contributed by atoms with Crippen molar-refractivity contribution in [1.82, 2.24) is 15.5 Å². The van der Waals surface area contributed by atoms with E-state index in [9.17, 15) is 13.2 Å². The summed E-state index contributed by atoms with van der Waals surface area (Å²) in [5.74, 6) is 0.310. The molecule has 3 N–H and O–H groups in total. The molecular formula is C14H18N4O4S2. The third-order valence-corrected chi connectivity index (χ3v) is 4.98. The summed E-state index contributed by atoms with van der Waals surface area (Å²) >= 11 is 1.19. The lowest BCUT2D eigenvalue weighted by Crippen LogP contribution is -2.32. The summed E-state index contributed by atoms with van der Waals surface area (Å²) in [5, 5.41) is 15.4. The number of aromatic nitrogens is 2. The van der Waals surface area contributed by atoms with Gasteiger partial charge in [0.1, 0.15) is 0 Å². The summed E-state index contributed by atoms with van der Waals surface area (Å²) in [5.41, 5.74) is 0.899. The molecular weight excluding hydrogens is 352 g/mol. The first kappa shape index (κ1) is 18.4. The monoisotopic (exact) mass is 370 g/mol. The molecule has 8 nitrogen and oxygen atoms in total. The van der Waals surface area contributed by atoms with Crippen LogP contribution in [0.15, 0.2) is 38.8 Å². The second-order valence-electron chi connectivity index (χ2n) is 5.08. The van der Waals surface area contributed by atoms with E-state index in [-0.39, 0.29) is 16.1 Å². The molecule has 0 bridgehead atoms. The number of nitrogens with one attached hydrogen (secondary N) is 1. The number of hydrogen-bond acceptors (Lipinski definition) is 7. The van der Waals surface area contributed by atoms with Crippen molar-refractivity contribution < 1.29 is 17.6 Å². The van der Waals surface area contributed by atoms with E-state index in [4.69, 9.17) is 9.56 Å². The highest BCUT2D eigenvalue weighted by molar-refractivity contribution is 8.00. The maximum Gasteiger partial charge on any atom is 0.277 e. The zero-order valence-corrected chi connectivity index (χ0v) is 14.9. The van der Waals surface area contributed by atoms with Gasteiger partial charge in [-0.2, -0.15) is 0 Å². The molecule has 0 unspecified atom stereocenters. The van der Waals surface area contributed by atoms with Crippen LogP contribution in [0.1, 0.15) is 18.4 Å². The number of hydrogen-bond donors (Lipinski definition) is 2. The van der Waals surface area contributed by atoms with Crippen LogP contribution in [0.5, 0.6) is 0 Å². The topological polar surface area (TPSA) is 128 Å². The molecule has 0 aliphatic carbocycles. The number of nitrogens with zero attached hydrogens (tertiary/aromatic N) is 2. The fourth-order valence-electron chi connectivity index (χ4n) is 1.85. The minimum absolute atomic E-state index is 0.0650. The molecule has 24 heavy (non-hydrogen) atoms. The van der Waals surface area contributed by atoms with Crippen molar-refractivity contribution in [3.05, 3.63) is 35.7 Å². The number of amides is 1. The summed E-state index contributed by atoms with van der Waals surface area (Å²) in [7, 11) is -3.69. The molecule has 10 heteroatoms. The van der Waals surface area contributed by atoms with Gasteiger partial charge in [0.2, 0.25) is 21.8 Å². The molecule has 1 aromatic heterocycles. The third-order valence-electron chi connectivity index (χ3n) is 3.12. The normalized spacial score (nSPS) is 12.8. The largest absolute Gasteiger partial charge is 0.416 e. The molecule has 0 spiro atoms. The van der Waals surface area contributed by atoms with Crippen LogP contribution in [0.4, 0.5) is 0 Å². The fourth-order valence-corrected chi connectivity index (χ4v) is 3.12. The molecule has 2 aromatic rings. The van der Waals surface area contributed by atoms with E-state index in [1.807, 2.05) is 0 Å². The lowest BCUT2D eigenvalue weighted by molar-refractivity contribution is -0.120. The van der Waals surface area contributed by atoms with E-state index < -0.39 is 10.0 Å². The number of aryl methyl sites for hydroxylation is 1. The van der Waals surface area contributed by atoms with Crippen LogP contribution >= 0.6 is 11.8 Å². The van der Waals surface area contributed by atoms with E-state index in [0.717, 1.165) is 5.56 Å². The summed E-state index contributed by atoms with van der Waals surface area (Å²) in [6.45, 7) is 3.87. The molecule has 1 atom stereocenters. The van der Waals surface area contributed by atoms with Crippen LogP contribution in [0, 0.1) is 6.92 Å². The lowest BCUT2D eigenvalue weighted by atomic mass is 10.1. The predicted octanol–water partition coefficient (Wildman–Crippen LogP) is 0.865. The average molecular weight is 370 g/mol. The van der Waals surface area contributed by atoms with Gasteiger partial charge in [-0.1, -0.05) is 23.9 Å². The molecule has 0 aliphatic heterocycles. The highest BCUT2D eigenvalue weighted by atomic mass is 32.2. The minimum Gasteiger partial charge on any atom is -0.416 e. The second kappa shape index (κ2) is 7.77. The van der Waals surface area contributed by atoms with Crippen LogP contribution in [-0.2, 0) is 21.2 Å². The first-order valence-corrected chi connectivity index (χ1v) is 9.54. The second-order valence-corrected chi connectivity index (χ2v) is 7.93. The van der Waals surface area contributed by atoms with Crippen LogP contribution in [0.3, 0.4) is 0 Å². The van der Waals surface area contributed by atoms with Crippen molar-refractivity contribution >= 4 is 27.7 Å². The number of thioether (sulfide) groups is 1. The van der Waals surface area contributed by atoms with E-state index in [2.05, 4.69) is 15.5 Å². The van der Waals surface area contributed by atoms with Crippen molar-refractivity contribution in [2.45, 2.75) is 35.6 Å². The number of primary sulfonamides is 1. The van der Waals surface area contributed by atoms with Gasteiger partial charge in [0.05, 0.1) is 10.1 Å². The van der Waals surface area contributed by atoms with Crippen molar-refractivity contribution in [3.8, 4) is 0 Å². The molecule has 0 saturated carbocycles. The first-order valence-electron chi connectivity index (χ1n) is 7.12. The summed E-state index contributed by atoms with van der Waals surface area (Å²) < 4.78 is 27.6. The molecule has 1 amide bonds. The Hall–Kier alpha value is -1.91. The maximum atomic E-state index is 12.0. The molecule has 1 aromatic carbocycles. The number of benzene rings is 1. The standard InChI is InChI=1S/C14H18N4O4S2/c1-9(23-14-18-17-10(2)22-14)13(19)16-8-7-11-3-5-12(6-4-11)24(15,20)21/h3-6,9H,7-8H2,1-2H3,(H,16,19)(H2,15,20,21)/t9-/m1/s1. The third kappa shape index (κ3) is 5.32. The van der Waals surface area contributed by atoms with Gasteiger partial charge in [-0.3, -0.25) is 4.79 Å². The van der Waals surface area contributed by atoms with Gasteiger partial charge < -0.3 is 9.73 Å². The van der Waals surface area contributed by atoms with E-state index in [1.54, 1.807) is 26.0 Å². The summed E-state index contributed by atoms with van der Waals surface area (Å²) in [6.07, 6.45) is 0.577. The Labute approximate surface area is 144 Å². The van der Waals surface area contributed by atoms with E-state index in [1.165, 1.54) is 23.9 Å². The Balaban J connectivity index is 1.79. The molecule has 2 rings (SSSR count). The number of nitrogens with two attached hydrogens (primary N) is 1. The van der Waals surface area contributed by atoms with E-state index in [0.29, 0.717) is 24.1 Å². The first-order chi connectivity index (χ1) is 11.3. The van der Waals surface area contributed by atoms with Gasteiger partial charge in [0, 0.05) is 13.5 Å². The average Bonchev–Trinajstić information content (AvgIpc) is 2.91. The molecule has 0 saturated heterocycles.